The van der Waals surface area contributed by atoms with E-state index in [9.17, 15) is 48.4 Å². The minimum Gasteiger partial charge on any atom is -0.457 e. The zero-order valence-corrected chi connectivity index (χ0v) is 22.9. The summed E-state index contributed by atoms with van der Waals surface area (Å²) in [6.45, 7) is 0. The highest BCUT2D eigenvalue weighted by Gasteiger charge is 2.69. The molecule has 0 bridgehead atoms. The highest BCUT2D eigenvalue weighted by atomic mass is 32.3. The van der Waals surface area contributed by atoms with Gasteiger partial charge in [0.05, 0.1) is 5.56 Å². The number of benzene rings is 1. The topological polar surface area (TPSA) is 121 Å². The molecule has 8 nitrogen and oxygen atoms in total. The van der Waals surface area contributed by atoms with Crippen LogP contribution in [-0.2, 0) is 38.7 Å². The number of hydrogen-bond acceptors (Lipinski definition) is 8. The molecule has 19 heteroatoms. The van der Waals surface area contributed by atoms with E-state index in [4.69, 9.17) is 0 Å². The second-order valence-corrected chi connectivity index (χ2v) is 14.2. The van der Waals surface area contributed by atoms with Crippen LogP contribution in [0.25, 0.3) is 0 Å². The summed E-state index contributed by atoms with van der Waals surface area (Å²) in [5.41, 5.74) is -3.19. The van der Waals surface area contributed by atoms with Gasteiger partial charge in [-0.3, -0.25) is 0 Å². The minimum atomic E-state index is -7.62. The number of sulfone groups is 2. The van der Waals surface area contributed by atoms with E-state index in [0.717, 1.165) is 0 Å². The normalized spacial score (nSPS) is 18.2. The maximum Gasteiger partial charge on any atom is 0.441 e. The first-order chi connectivity index (χ1) is 19.3. The van der Waals surface area contributed by atoms with Crippen molar-refractivity contribution in [2.24, 2.45) is 0 Å². The molecule has 0 saturated heterocycles. The first-order valence-electron chi connectivity index (χ1n) is 12.5. The predicted molar refractivity (Wildman–Crippen MR) is 123 cm³/mol. The zero-order chi connectivity index (χ0) is 31.8. The van der Waals surface area contributed by atoms with Gasteiger partial charge in [0.15, 0.2) is 23.3 Å². The van der Waals surface area contributed by atoms with Gasteiger partial charge >= 0.3 is 22.4 Å². The average Bonchev–Trinajstić information content (AvgIpc) is 2.93. The van der Waals surface area contributed by atoms with Crippen LogP contribution >= 0.6 is 0 Å². The molecule has 0 radical (unpaired) electrons. The maximum absolute atomic E-state index is 15.1. The Labute approximate surface area is 233 Å². The summed E-state index contributed by atoms with van der Waals surface area (Å²) in [6.07, 6.45) is -0.644. The third-order valence-electron chi connectivity index (χ3n) is 6.88. The summed E-state index contributed by atoms with van der Waals surface area (Å²) in [4.78, 5) is 24.5. The van der Waals surface area contributed by atoms with Gasteiger partial charge in [-0.1, -0.05) is 12.8 Å². The SMILES string of the molecule is O=C(OC1CCCCC1)C(F)(F)S(=O)(=O)C(c1c(F)c(F)c(F)c(F)c1F)S(=O)(=O)C(F)(F)C(=O)OC1CCCCC1. The van der Waals surface area contributed by atoms with Gasteiger partial charge < -0.3 is 9.47 Å². The molecule has 0 unspecified atom stereocenters. The highest BCUT2D eigenvalue weighted by molar-refractivity contribution is 8.10. The molecule has 0 atom stereocenters. The van der Waals surface area contributed by atoms with E-state index in [0.29, 0.717) is 38.5 Å². The van der Waals surface area contributed by atoms with Crippen LogP contribution in [0.4, 0.5) is 39.5 Å². The van der Waals surface area contributed by atoms with Crippen molar-refractivity contribution < 1.29 is 75.4 Å². The van der Waals surface area contributed by atoms with Crippen molar-refractivity contribution in [3.05, 3.63) is 34.6 Å². The van der Waals surface area contributed by atoms with Gasteiger partial charge in [0, 0.05) is 0 Å². The second-order valence-electron chi connectivity index (χ2n) is 9.77. The standard InChI is InChI=1S/C23H23F9O8S2/c24-14-13(15(25)17(27)18(28)16(14)26)19(41(35,36)22(29,30)20(33)39-11-7-3-1-4-8-11)42(37,38)23(31,32)21(34)40-12-9-5-2-6-10-12/h11-12,19H,1-10H2. The van der Waals surface area contributed by atoms with Crippen LogP contribution in [0.15, 0.2) is 0 Å². The molecule has 0 heterocycles. The average molecular weight is 663 g/mol. The summed E-state index contributed by atoms with van der Waals surface area (Å²) in [7, 11) is -15.2. The number of ether oxygens (including phenoxy) is 2. The van der Waals surface area contributed by atoms with Crippen molar-refractivity contribution in [2.45, 2.75) is 91.5 Å². The van der Waals surface area contributed by atoms with Crippen LogP contribution in [0.3, 0.4) is 0 Å². The number of carbonyl (C=O) groups is 2. The van der Waals surface area contributed by atoms with E-state index in [2.05, 4.69) is 9.47 Å². The fourth-order valence-corrected chi connectivity index (χ4v) is 8.81. The number of alkyl halides is 4. The number of halogens is 9. The monoisotopic (exact) mass is 662 g/mol. The van der Waals surface area contributed by atoms with Crippen LogP contribution < -0.4 is 0 Å². The minimum absolute atomic E-state index is 0.0771. The van der Waals surface area contributed by atoms with E-state index >= 15 is 17.6 Å². The van der Waals surface area contributed by atoms with Crippen LogP contribution in [0.1, 0.15) is 74.4 Å². The molecule has 1 aromatic carbocycles. The first-order valence-corrected chi connectivity index (χ1v) is 15.5. The summed E-state index contributed by atoms with van der Waals surface area (Å²) < 4.78 is 187. The van der Waals surface area contributed by atoms with Crippen molar-refractivity contribution in [1.82, 2.24) is 0 Å². The molecule has 2 aliphatic carbocycles. The first kappa shape index (κ1) is 33.9. The van der Waals surface area contributed by atoms with E-state index in [1.54, 1.807) is 0 Å². The Morgan fingerprint density at radius 1 is 0.571 bits per heavy atom. The summed E-state index contributed by atoms with van der Waals surface area (Å²) >= 11 is 0. The van der Waals surface area contributed by atoms with Gasteiger partial charge in [0.2, 0.25) is 30.1 Å². The smallest absolute Gasteiger partial charge is 0.441 e. The molecule has 1 aromatic rings. The Kier molecular flexibility index (Phi) is 9.86. The van der Waals surface area contributed by atoms with E-state index < -0.39 is 93.6 Å². The van der Waals surface area contributed by atoms with Crippen LogP contribution in [0, 0.1) is 29.1 Å². The highest BCUT2D eigenvalue weighted by Crippen LogP contribution is 2.47. The Bertz CT molecular complexity index is 1330. The predicted octanol–water partition coefficient (Wildman–Crippen LogP) is 5.15. The largest absolute Gasteiger partial charge is 0.457 e. The molecule has 2 saturated carbocycles. The second kappa shape index (κ2) is 12.2. The molecular formula is C23H23F9O8S2. The van der Waals surface area contributed by atoms with Crippen LogP contribution in [-0.4, -0.2) is 51.5 Å². The maximum atomic E-state index is 15.1. The van der Waals surface area contributed by atoms with Gasteiger partial charge in [-0.05, 0) is 51.4 Å². The number of carbonyl (C=O) groups excluding carboxylic acids is 2. The molecule has 42 heavy (non-hydrogen) atoms. The molecular weight excluding hydrogens is 639 g/mol. The lowest BCUT2D eigenvalue weighted by Gasteiger charge is -2.29. The number of esters is 2. The van der Waals surface area contributed by atoms with E-state index in [1.165, 1.54) is 0 Å². The molecule has 0 amide bonds. The van der Waals surface area contributed by atoms with Crippen molar-refractivity contribution in [1.29, 1.82) is 0 Å². The van der Waals surface area contributed by atoms with Crippen LogP contribution in [0.2, 0.25) is 0 Å². The molecule has 238 valence electrons. The molecule has 2 fully saturated rings. The molecule has 0 spiro atoms. The summed E-state index contributed by atoms with van der Waals surface area (Å²) in [6, 6.07) is 0. The molecule has 0 aliphatic heterocycles. The lowest BCUT2D eigenvalue weighted by molar-refractivity contribution is -0.168. The molecule has 2 aliphatic rings. The van der Waals surface area contributed by atoms with Crippen molar-refractivity contribution >= 4 is 31.6 Å². The van der Waals surface area contributed by atoms with Crippen molar-refractivity contribution in [2.75, 3.05) is 0 Å². The van der Waals surface area contributed by atoms with Gasteiger partial charge in [-0.15, -0.1) is 0 Å². The molecule has 3 rings (SSSR count). The number of hydrogen-bond donors (Lipinski definition) is 0. The third-order valence-corrected chi connectivity index (χ3v) is 11.8. The van der Waals surface area contributed by atoms with Gasteiger partial charge in [-0.25, -0.2) is 48.4 Å². The molecule has 0 aromatic heterocycles. The zero-order valence-electron chi connectivity index (χ0n) is 21.3. The van der Waals surface area contributed by atoms with Crippen LogP contribution in [0.5, 0.6) is 0 Å². The Morgan fingerprint density at radius 3 is 1.17 bits per heavy atom. The molecule has 0 N–H and O–H groups in total. The Morgan fingerprint density at radius 2 is 0.857 bits per heavy atom. The fourth-order valence-electron chi connectivity index (χ4n) is 4.61. The van der Waals surface area contributed by atoms with Crippen molar-refractivity contribution in [3.8, 4) is 0 Å². The lowest BCUT2D eigenvalue weighted by atomic mass is 9.98. The van der Waals surface area contributed by atoms with Gasteiger partial charge in [-0.2, -0.15) is 17.6 Å². The summed E-state index contributed by atoms with van der Waals surface area (Å²) in [5.74, 6) is -22.2. The third kappa shape index (κ3) is 5.94. The van der Waals surface area contributed by atoms with Crippen molar-refractivity contribution in [3.63, 3.8) is 0 Å². The van der Waals surface area contributed by atoms with E-state index in [-0.39, 0.29) is 25.7 Å². The Hall–Kier alpha value is -2.57. The summed E-state index contributed by atoms with van der Waals surface area (Å²) in [5, 5.41) is -12.4. The van der Waals surface area contributed by atoms with E-state index in [1.807, 2.05) is 0 Å². The van der Waals surface area contributed by atoms with Gasteiger partial charge in [0.1, 0.15) is 12.2 Å². The number of rotatable bonds is 9. The lowest BCUT2D eigenvalue weighted by Crippen LogP contribution is -2.51. The van der Waals surface area contributed by atoms with Gasteiger partial charge in [0.25, 0.3) is 0 Å². The Balaban J connectivity index is 2.21. The fraction of sp³-hybridized carbons (Fsp3) is 0.652. The quantitative estimate of drug-likeness (QED) is 0.154.